The molecule has 0 heterocycles. The highest BCUT2D eigenvalue weighted by atomic mass is 35.5. The van der Waals surface area contributed by atoms with E-state index >= 15 is 8.78 Å². The van der Waals surface area contributed by atoms with Crippen LogP contribution in [0.4, 0.5) is 27.6 Å². The van der Waals surface area contributed by atoms with Crippen LogP contribution in [-0.2, 0) is 33.2 Å². The molecule has 3 N–H and O–H groups in total. The number of benzene rings is 4. The molecule has 0 aromatic heterocycles. The second kappa shape index (κ2) is 14.2. The number of nitrogens with zero attached hydrogens (tertiary/aromatic N) is 1. The van der Waals surface area contributed by atoms with Crippen molar-refractivity contribution in [2.45, 2.75) is 68.8 Å². The van der Waals surface area contributed by atoms with Crippen molar-refractivity contribution in [3.63, 3.8) is 0 Å². The van der Waals surface area contributed by atoms with E-state index in [1.54, 1.807) is 12.1 Å². The Hall–Kier alpha value is -4.53. The minimum atomic E-state index is -5.76. The van der Waals surface area contributed by atoms with E-state index in [9.17, 15) is 41.4 Å². The lowest BCUT2D eigenvalue weighted by atomic mass is 9.83. The molecule has 8 nitrogen and oxygen atoms in total. The molecule has 270 valence electrons. The predicted octanol–water partition coefficient (Wildman–Crippen LogP) is 8.06. The van der Waals surface area contributed by atoms with E-state index in [1.807, 2.05) is 26.8 Å². The Kier molecular flexibility index (Phi) is 10.5. The van der Waals surface area contributed by atoms with Gasteiger partial charge in [-0.1, -0.05) is 62.7 Å². The van der Waals surface area contributed by atoms with E-state index in [-0.39, 0.29) is 22.2 Å². The molecule has 0 radical (unpaired) electrons. The maximum Gasteiger partial charge on any atom is 0.339 e. The zero-order valence-corrected chi connectivity index (χ0v) is 29.0. The summed E-state index contributed by atoms with van der Waals surface area (Å²) >= 11 is 6.01. The van der Waals surface area contributed by atoms with E-state index < -0.39 is 91.6 Å². The molecule has 0 bridgehead atoms. The molecule has 5 rings (SSSR count). The number of halogens is 6. The number of carbonyl (C=O) groups is 2. The summed E-state index contributed by atoms with van der Waals surface area (Å²) in [5.74, 6) is -16.0. The minimum Gasteiger partial charge on any atom is -0.507 e. The fraction of sp³-hybridized carbons (Fsp3) is 0.278. The molecule has 1 saturated carbocycles. The molecule has 1 amide bonds. The third-order valence-corrected chi connectivity index (χ3v) is 10.6. The quantitative estimate of drug-likeness (QED) is 0.0617. The smallest absolute Gasteiger partial charge is 0.339 e. The topological polar surface area (TPSA) is 124 Å². The monoisotopic (exact) mass is 750 g/mol. The van der Waals surface area contributed by atoms with Gasteiger partial charge in [-0.3, -0.25) is 4.79 Å². The maximum atomic E-state index is 15.3. The van der Waals surface area contributed by atoms with Gasteiger partial charge in [-0.25, -0.2) is 35.2 Å². The lowest BCUT2D eigenvalue weighted by molar-refractivity contribution is -0.119. The zero-order chi connectivity index (χ0) is 37.6. The van der Waals surface area contributed by atoms with E-state index in [0.717, 1.165) is 42.2 Å². The molecule has 4 aromatic rings. The first-order valence-electron chi connectivity index (χ1n) is 15.6. The number of anilines is 1. The van der Waals surface area contributed by atoms with Crippen LogP contribution in [0.5, 0.6) is 5.75 Å². The number of sulfonamides is 1. The summed E-state index contributed by atoms with van der Waals surface area (Å²) in [6, 6.07) is 12.0. The Morgan fingerprint density at radius 2 is 1.47 bits per heavy atom. The van der Waals surface area contributed by atoms with Gasteiger partial charge in [0.1, 0.15) is 17.4 Å². The van der Waals surface area contributed by atoms with Crippen LogP contribution < -0.4 is 5.32 Å². The summed E-state index contributed by atoms with van der Waals surface area (Å²) in [5.41, 5.74) is 1.07. The maximum absolute atomic E-state index is 15.3. The summed E-state index contributed by atoms with van der Waals surface area (Å²) in [7, 11) is -5.76. The van der Waals surface area contributed by atoms with E-state index in [2.05, 4.69) is 5.32 Å². The van der Waals surface area contributed by atoms with Gasteiger partial charge >= 0.3 is 5.97 Å². The van der Waals surface area contributed by atoms with E-state index in [4.69, 9.17) is 11.6 Å². The summed E-state index contributed by atoms with van der Waals surface area (Å²) in [5, 5.41) is 22.1. The molecule has 51 heavy (non-hydrogen) atoms. The van der Waals surface area contributed by atoms with Gasteiger partial charge < -0.3 is 15.5 Å². The van der Waals surface area contributed by atoms with Crippen LogP contribution in [0.2, 0.25) is 5.02 Å². The number of carboxylic acids is 1. The average Bonchev–Trinajstić information content (AvgIpc) is 3.91. The van der Waals surface area contributed by atoms with Crippen molar-refractivity contribution < 1.29 is 50.2 Å². The fourth-order valence-corrected chi connectivity index (χ4v) is 7.36. The number of carbonyl (C=O) groups excluding carboxylic acids is 1. The van der Waals surface area contributed by atoms with Crippen LogP contribution in [0.1, 0.15) is 72.1 Å². The zero-order valence-electron chi connectivity index (χ0n) is 27.4. The lowest BCUT2D eigenvalue weighted by Gasteiger charge is -2.31. The van der Waals surface area contributed by atoms with Gasteiger partial charge in [-0.2, -0.15) is 4.31 Å². The lowest BCUT2D eigenvalue weighted by Crippen LogP contribution is -2.48. The van der Waals surface area contributed by atoms with Crippen molar-refractivity contribution >= 4 is 39.2 Å². The Bertz CT molecular complexity index is 2110. The first kappa shape index (κ1) is 37.7. The van der Waals surface area contributed by atoms with Crippen molar-refractivity contribution in [2.75, 3.05) is 5.32 Å². The first-order valence-corrected chi connectivity index (χ1v) is 17.4. The SMILES string of the molecule is CC(C)(C)c1cc(CC(C(=O)Nc2ccc(O)c(C(=O)O)c2)N(Cc2ccc(Cl)cc2)S(=O)(=O)c2c(F)c(F)c(F)c(F)c2F)cc(C2CC2)c1. The molecular formula is C36H32ClF5N2O6S. The number of carboxylic acid groups (broad SMARTS) is 1. The molecule has 0 spiro atoms. The number of nitrogens with one attached hydrogen (secondary N) is 1. The van der Waals surface area contributed by atoms with Gasteiger partial charge in [-0.15, -0.1) is 0 Å². The number of rotatable bonds is 11. The highest BCUT2D eigenvalue weighted by Gasteiger charge is 2.43. The molecule has 1 aliphatic rings. The van der Waals surface area contributed by atoms with Gasteiger partial charge in [0.05, 0.1) is 0 Å². The van der Waals surface area contributed by atoms with Gasteiger partial charge in [-0.05, 0) is 83.2 Å². The molecule has 1 atom stereocenters. The van der Waals surface area contributed by atoms with Crippen LogP contribution in [-0.4, -0.2) is 40.9 Å². The number of hydrogen-bond donors (Lipinski definition) is 3. The summed E-state index contributed by atoms with van der Waals surface area (Å²) in [6.07, 6.45) is 1.32. The second-order valence-electron chi connectivity index (χ2n) is 13.3. The number of amides is 1. The Balaban J connectivity index is 1.73. The molecule has 1 aliphatic carbocycles. The van der Waals surface area contributed by atoms with Gasteiger partial charge in [0.25, 0.3) is 0 Å². The average molecular weight is 751 g/mol. The van der Waals surface area contributed by atoms with Crippen molar-refractivity contribution in [1.29, 1.82) is 0 Å². The number of aromatic carboxylic acids is 1. The van der Waals surface area contributed by atoms with Crippen LogP contribution in [0.25, 0.3) is 0 Å². The molecule has 0 saturated heterocycles. The third kappa shape index (κ3) is 8.03. The standard InChI is InChI=1S/C36H32ClF5N2O6S/c1-36(2,3)22-13-19(12-21(15-22)20-6-7-20)14-26(34(46)43-24-10-11-27(45)25(16-24)35(47)48)44(17-18-4-8-23(37)9-5-18)51(49,50)33-31(41)29(39)28(38)30(40)32(33)42/h4-5,8-13,15-16,20,26,45H,6-7,14,17H2,1-3H3,(H,43,46)(H,47,48). The predicted molar refractivity (Wildman–Crippen MR) is 179 cm³/mol. The van der Waals surface area contributed by atoms with Crippen molar-refractivity contribution in [2.24, 2.45) is 0 Å². The summed E-state index contributed by atoms with van der Waals surface area (Å²) < 4.78 is 103. The van der Waals surface area contributed by atoms with Crippen LogP contribution >= 0.6 is 11.6 Å². The number of phenols is 1. The fourth-order valence-electron chi connectivity index (χ4n) is 5.54. The van der Waals surface area contributed by atoms with Gasteiger partial charge in [0.2, 0.25) is 21.7 Å². The van der Waals surface area contributed by atoms with Crippen LogP contribution in [0, 0.1) is 29.1 Å². The van der Waals surface area contributed by atoms with Crippen molar-refractivity contribution in [1.82, 2.24) is 4.31 Å². The molecule has 15 heteroatoms. The molecule has 4 aromatic carbocycles. The highest BCUT2D eigenvalue weighted by Crippen LogP contribution is 2.42. The molecular weight excluding hydrogens is 719 g/mol. The van der Waals surface area contributed by atoms with Crippen molar-refractivity contribution in [3.05, 3.63) is 123 Å². The largest absolute Gasteiger partial charge is 0.507 e. The first-order chi connectivity index (χ1) is 23.8. The summed E-state index contributed by atoms with van der Waals surface area (Å²) in [4.78, 5) is 23.8. The number of hydrogen-bond acceptors (Lipinski definition) is 5. The van der Waals surface area contributed by atoms with Crippen molar-refractivity contribution in [3.8, 4) is 5.75 Å². The molecule has 1 fully saturated rings. The Labute approximate surface area is 295 Å². The van der Waals surface area contributed by atoms with E-state index in [0.29, 0.717) is 9.87 Å². The van der Waals surface area contributed by atoms with Gasteiger partial charge in [0.15, 0.2) is 28.2 Å². The van der Waals surface area contributed by atoms with Crippen LogP contribution in [0.3, 0.4) is 0 Å². The molecule has 0 aliphatic heterocycles. The summed E-state index contributed by atoms with van der Waals surface area (Å²) in [6.45, 7) is 5.02. The minimum absolute atomic E-state index is 0.129. The number of aromatic hydroxyl groups is 1. The highest BCUT2D eigenvalue weighted by molar-refractivity contribution is 7.89. The van der Waals surface area contributed by atoms with E-state index in [1.165, 1.54) is 24.3 Å². The Morgan fingerprint density at radius 1 is 0.882 bits per heavy atom. The third-order valence-electron chi connectivity index (χ3n) is 8.49. The normalized spacial score (nSPS) is 14.1. The Morgan fingerprint density at radius 3 is 2.02 bits per heavy atom. The second-order valence-corrected chi connectivity index (χ2v) is 15.6. The van der Waals surface area contributed by atoms with Crippen LogP contribution in [0.15, 0.2) is 65.6 Å². The molecule has 1 unspecified atom stereocenters. The van der Waals surface area contributed by atoms with Gasteiger partial charge in [0, 0.05) is 17.3 Å².